The number of nitrogens with zero attached hydrogens (tertiary/aromatic N) is 5. The van der Waals surface area contributed by atoms with Crippen molar-refractivity contribution in [1.82, 2.24) is 9.80 Å². The van der Waals surface area contributed by atoms with E-state index in [2.05, 4.69) is 40.6 Å². The number of azide groups is 1. The minimum atomic E-state index is 0.579. The van der Waals surface area contributed by atoms with Crippen molar-refractivity contribution >= 4 is 0 Å². The van der Waals surface area contributed by atoms with E-state index in [-0.39, 0.29) is 0 Å². The molecular formula is C11H25N5. The maximum Gasteiger partial charge on any atom is 0.0385 e. The largest absolute Gasteiger partial charge is 0.304 e. The molecule has 5 heteroatoms. The minimum Gasteiger partial charge on any atom is -0.304 e. The second-order valence-electron chi connectivity index (χ2n) is 3.77. The Hall–Kier alpha value is -0.770. The average Bonchev–Trinajstić information content (AvgIpc) is 2.32. The third kappa shape index (κ3) is 7.51. The van der Waals surface area contributed by atoms with Gasteiger partial charge in [0.25, 0.3) is 0 Å². The summed E-state index contributed by atoms with van der Waals surface area (Å²) in [6, 6.07) is 0. The Bertz CT molecular complexity index is 197. The van der Waals surface area contributed by atoms with Crippen LogP contribution >= 0.6 is 0 Å². The molecule has 0 heterocycles. The van der Waals surface area contributed by atoms with Gasteiger partial charge in [-0.1, -0.05) is 25.9 Å². The van der Waals surface area contributed by atoms with Gasteiger partial charge in [-0.05, 0) is 44.7 Å². The number of rotatable bonds is 10. The van der Waals surface area contributed by atoms with Crippen molar-refractivity contribution in [1.29, 1.82) is 0 Å². The highest BCUT2D eigenvalue weighted by atomic mass is 15.2. The van der Waals surface area contributed by atoms with Crippen molar-refractivity contribution in [3.05, 3.63) is 10.4 Å². The molecule has 0 atom stereocenters. The molecule has 0 bridgehead atoms. The fourth-order valence-electron chi connectivity index (χ4n) is 1.72. The van der Waals surface area contributed by atoms with Gasteiger partial charge in [-0.15, -0.1) is 0 Å². The highest BCUT2D eigenvalue weighted by molar-refractivity contribution is 4.60. The smallest absolute Gasteiger partial charge is 0.0385 e. The predicted molar refractivity (Wildman–Crippen MR) is 68.5 cm³/mol. The standard InChI is InChI=1S/C11H25N5/c1-4-15(5-2)9-7-10-16(6-3)11-8-13-14-12/h4-11H2,1-3H3. The van der Waals surface area contributed by atoms with Crippen LogP contribution in [0.3, 0.4) is 0 Å². The van der Waals surface area contributed by atoms with Crippen LogP contribution in [0.15, 0.2) is 5.11 Å². The molecule has 0 N–H and O–H groups in total. The molecule has 0 aliphatic rings. The Morgan fingerprint density at radius 3 is 2.00 bits per heavy atom. The monoisotopic (exact) mass is 227 g/mol. The average molecular weight is 227 g/mol. The van der Waals surface area contributed by atoms with Crippen LogP contribution in [0.5, 0.6) is 0 Å². The van der Waals surface area contributed by atoms with Gasteiger partial charge in [-0.25, -0.2) is 0 Å². The van der Waals surface area contributed by atoms with E-state index >= 15 is 0 Å². The van der Waals surface area contributed by atoms with Gasteiger partial charge in [-0.2, -0.15) is 0 Å². The normalized spacial score (nSPS) is 10.8. The van der Waals surface area contributed by atoms with E-state index in [1.807, 2.05) is 0 Å². The minimum absolute atomic E-state index is 0.579. The van der Waals surface area contributed by atoms with Crippen molar-refractivity contribution in [2.75, 3.05) is 45.8 Å². The van der Waals surface area contributed by atoms with Crippen LogP contribution in [0.1, 0.15) is 27.2 Å². The molecule has 0 spiro atoms. The number of hydrogen-bond donors (Lipinski definition) is 0. The molecule has 94 valence electrons. The topological polar surface area (TPSA) is 55.2 Å². The summed E-state index contributed by atoms with van der Waals surface area (Å²) in [5.41, 5.74) is 8.20. The van der Waals surface area contributed by atoms with Gasteiger partial charge in [0, 0.05) is 18.0 Å². The first-order chi connectivity index (χ1) is 7.78. The van der Waals surface area contributed by atoms with E-state index in [4.69, 9.17) is 5.53 Å². The summed E-state index contributed by atoms with van der Waals surface area (Å²) in [7, 11) is 0. The summed E-state index contributed by atoms with van der Waals surface area (Å²) in [4.78, 5) is 7.53. The van der Waals surface area contributed by atoms with Gasteiger partial charge in [0.05, 0.1) is 0 Å². The first kappa shape index (κ1) is 15.2. The Kier molecular flexibility index (Phi) is 10.2. The lowest BCUT2D eigenvalue weighted by Gasteiger charge is -2.22. The molecule has 0 aliphatic heterocycles. The number of hydrogen-bond acceptors (Lipinski definition) is 3. The highest BCUT2D eigenvalue weighted by Gasteiger charge is 2.03. The Labute approximate surface area is 99.0 Å². The molecule has 0 saturated heterocycles. The fraction of sp³-hybridized carbons (Fsp3) is 1.00. The first-order valence-corrected chi connectivity index (χ1v) is 6.23. The summed E-state index contributed by atoms with van der Waals surface area (Å²) in [6.45, 7) is 13.5. The second-order valence-corrected chi connectivity index (χ2v) is 3.77. The molecule has 0 unspecified atom stereocenters. The van der Waals surface area contributed by atoms with Gasteiger partial charge in [-0.3, -0.25) is 0 Å². The fourth-order valence-corrected chi connectivity index (χ4v) is 1.72. The Morgan fingerprint density at radius 2 is 1.50 bits per heavy atom. The molecule has 0 aliphatic carbocycles. The summed E-state index contributed by atoms with van der Waals surface area (Å²) >= 11 is 0. The maximum atomic E-state index is 8.20. The quantitative estimate of drug-likeness (QED) is 0.327. The van der Waals surface area contributed by atoms with Crippen LogP contribution in [0.4, 0.5) is 0 Å². The Balaban J connectivity index is 3.65. The van der Waals surface area contributed by atoms with E-state index in [9.17, 15) is 0 Å². The van der Waals surface area contributed by atoms with Gasteiger partial charge in [0.1, 0.15) is 0 Å². The van der Waals surface area contributed by atoms with Crippen LogP contribution in [0, 0.1) is 0 Å². The van der Waals surface area contributed by atoms with Crippen molar-refractivity contribution < 1.29 is 0 Å². The first-order valence-electron chi connectivity index (χ1n) is 6.23. The van der Waals surface area contributed by atoms with E-state index in [0.717, 1.165) is 39.3 Å². The SMILES string of the molecule is CCN(CC)CCCN(CC)CCN=[N+]=[N-]. The Morgan fingerprint density at radius 1 is 0.938 bits per heavy atom. The highest BCUT2D eigenvalue weighted by Crippen LogP contribution is 1.95. The predicted octanol–water partition coefficient (Wildman–Crippen LogP) is 2.35. The molecule has 0 fully saturated rings. The van der Waals surface area contributed by atoms with E-state index in [0.29, 0.717) is 6.54 Å². The van der Waals surface area contributed by atoms with Crippen molar-refractivity contribution in [3.63, 3.8) is 0 Å². The van der Waals surface area contributed by atoms with E-state index < -0.39 is 0 Å². The zero-order valence-electron chi connectivity index (χ0n) is 10.9. The van der Waals surface area contributed by atoms with E-state index in [1.165, 1.54) is 6.42 Å². The third-order valence-electron chi connectivity index (χ3n) is 2.87. The van der Waals surface area contributed by atoms with E-state index in [1.54, 1.807) is 0 Å². The van der Waals surface area contributed by atoms with Gasteiger partial charge in [0.2, 0.25) is 0 Å². The van der Waals surface area contributed by atoms with Crippen molar-refractivity contribution in [3.8, 4) is 0 Å². The molecular weight excluding hydrogens is 202 g/mol. The summed E-state index contributed by atoms with van der Waals surface area (Å²) < 4.78 is 0. The molecule has 0 amide bonds. The molecule has 16 heavy (non-hydrogen) atoms. The number of likely N-dealkylation sites (N-methyl/N-ethyl adjacent to an activating group) is 1. The van der Waals surface area contributed by atoms with Crippen molar-refractivity contribution in [2.24, 2.45) is 5.11 Å². The lowest BCUT2D eigenvalue weighted by atomic mass is 10.3. The van der Waals surface area contributed by atoms with Crippen LogP contribution in [-0.4, -0.2) is 55.6 Å². The second kappa shape index (κ2) is 10.7. The molecule has 0 radical (unpaired) electrons. The van der Waals surface area contributed by atoms with Crippen LogP contribution < -0.4 is 0 Å². The maximum absolute atomic E-state index is 8.20. The van der Waals surface area contributed by atoms with Crippen LogP contribution in [-0.2, 0) is 0 Å². The molecule has 0 aromatic carbocycles. The lowest BCUT2D eigenvalue weighted by molar-refractivity contribution is 0.247. The molecule has 5 nitrogen and oxygen atoms in total. The van der Waals surface area contributed by atoms with Crippen LogP contribution in [0.25, 0.3) is 10.4 Å². The molecule has 0 aromatic rings. The third-order valence-corrected chi connectivity index (χ3v) is 2.87. The van der Waals surface area contributed by atoms with Gasteiger partial charge in [0.15, 0.2) is 0 Å². The van der Waals surface area contributed by atoms with Gasteiger partial charge >= 0.3 is 0 Å². The summed E-state index contributed by atoms with van der Waals surface area (Å²) in [6.07, 6.45) is 1.19. The zero-order valence-corrected chi connectivity index (χ0v) is 10.9. The lowest BCUT2D eigenvalue weighted by Crippen LogP contribution is -2.31. The molecule has 0 aromatic heterocycles. The van der Waals surface area contributed by atoms with Gasteiger partial charge < -0.3 is 9.80 Å². The molecule has 0 rings (SSSR count). The zero-order chi connectivity index (χ0) is 12.2. The molecule has 0 saturated carbocycles. The van der Waals surface area contributed by atoms with Crippen LogP contribution in [0.2, 0.25) is 0 Å². The van der Waals surface area contributed by atoms with Crippen molar-refractivity contribution in [2.45, 2.75) is 27.2 Å². The summed E-state index contributed by atoms with van der Waals surface area (Å²) in [5, 5.41) is 3.56. The summed E-state index contributed by atoms with van der Waals surface area (Å²) in [5.74, 6) is 0.